The zero-order valence-corrected chi connectivity index (χ0v) is 12.1. The van der Waals surface area contributed by atoms with Crippen LogP contribution in [-0.4, -0.2) is 22.3 Å². The average Bonchev–Trinajstić information content (AvgIpc) is 2.78. The highest BCUT2D eigenvalue weighted by Gasteiger charge is 2.14. The molecule has 1 aliphatic rings. The summed E-state index contributed by atoms with van der Waals surface area (Å²) in [6, 6.07) is 6.20. The second-order valence-electron chi connectivity index (χ2n) is 5.70. The number of benzene rings is 1. The standard InChI is InChI=1S/C16H23N3O/c1-12-6-5-9-14-15(12)18-16(17)19(14)10-11-20-13-7-3-2-4-8-13/h5-6,9,13H,2-4,7-8,10-11H2,1H3,(H2,17,18). The highest BCUT2D eigenvalue weighted by molar-refractivity contribution is 5.81. The Balaban J connectivity index is 1.68. The van der Waals surface area contributed by atoms with Gasteiger partial charge in [0.15, 0.2) is 0 Å². The normalized spacial score (nSPS) is 16.9. The van der Waals surface area contributed by atoms with Gasteiger partial charge in [-0.2, -0.15) is 0 Å². The summed E-state index contributed by atoms with van der Waals surface area (Å²) in [4.78, 5) is 4.46. The topological polar surface area (TPSA) is 53.1 Å². The van der Waals surface area contributed by atoms with Gasteiger partial charge < -0.3 is 15.0 Å². The molecule has 1 aromatic heterocycles. The summed E-state index contributed by atoms with van der Waals surface area (Å²) in [7, 11) is 0. The summed E-state index contributed by atoms with van der Waals surface area (Å²) in [6.45, 7) is 3.56. The quantitative estimate of drug-likeness (QED) is 0.930. The Kier molecular flexibility index (Phi) is 3.92. The summed E-state index contributed by atoms with van der Waals surface area (Å²) in [5.41, 5.74) is 9.31. The van der Waals surface area contributed by atoms with Crippen molar-refractivity contribution >= 4 is 17.0 Å². The Morgan fingerprint density at radius 2 is 2.10 bits per heavy atom. The molecule has 4 heteroatoms. The molecule has 0 saturated heterocycles. The van der Waals surface area contributed by atoms with Crippen LogP contribution in [0.5, 0.6) is 0 Å². The Morgan fingerprint density at radius 1 is 1.30 bits per heavy atom. The molecular weight excluding hydrogens is 250 g/mol. The van der Waals surface area contributed by atoms with Gasteiger partial charge in [0.25, 0.3) is 0 Å². The largest absolute Gasteiger partial charge is 0.376 e. The molecular formula is C16H23N3O. The molecule has 1 aliphatic carbocycles. The number of hydrogen-bond acceptors (Lipinski definition) is 3. The van der Waals surface area contributed by atoms with Crippen molar-refractivity contribution in [3.63, 3.8) is 0 Å². The molecule has 3 rings (SSSR count). The van der Waals surface area contributed by atoms with Crippen molar-refractivity contribution < 1.29 is 4.74 Å². The number of hydrogen-bond donors (Lipinski definition) is 1. The number of aryl methyl sites for hydroxylation is 1. The van der Waals surface area contributed by atoms with Crippen LogP contribution in [0.3, 0.4) is 0 Å². The van der Waals surface area contributed by atoms with Gasteiger partial charge in [0.05, 0.1) is 23.7 Å². The summed E-state index contributed by atoms with van der Waals surface area (Å²) in [6.07, 6.45) is 6.83. The van der Waals surface area contributed by atoms with Crippen molar-refractivity contribution in [1.29, 1.82) is 0 Å². The van der Waals surface area contributed by atoms with E-state index in [9.17, 15) is 0 Å². The van der Waals surface area contributed by atoms with E-state index in [4.69, 9.17) is 10.5 Å². The van der Waals surface area contributed by atoms with E-state index in [0.29, 0.717) is 18.7 Å². The molecule has 0 spiro atoms. The number of ether oxygens (including phenoxy) is 1. The third kappa shape index (κ3) is 2.66. The number of para-hydroxylation sites is 1. The predicted octanol–water partition coefficient (Wildman–Crippen LogP) is 3.28. The number of anilines is 1. The van der Waals surface area contributed by atoms with Gasteiger partial charge in [-0.25, -0.2) is 4.98 Å². The van der Waals surface area contributed by atoms with Crippen LogP contribution in [0.1, 0.15) is 37.7 Å². The van der Waals surface area contributed by atoms with Crippen LogP contribution in [0.25, 0.3) is 11.0 Å². The molecule has 0 atom stereocenters. The van der Waals surface area contributed by atoms with Crippen molar-refractivity contribution in [2.24, 2.45) is 0 Å². The third-order valence-electron chi connectivity index (χ3n) is 4.23. The van der Waals surface area contributed by atoms with Crippen molar-refractivity contribution in [3.8, 4) is 0 Å². The van der Waals surface area contributed by atoms with Crippen molar-refractivity contribution in [2.45, 2.75) is 51.7 Å². The first-order chi connectivity index (χ1) is 9.75. The summed E-state index contributed by atoms with van der Waals surface area (Å²) >= 11 is 0. The highest BCUT2D eigenvalue weighted by Crippen LogP contribution is 2.22. The SMILES string of the molecule is Cc1cccc2c1nc(N)n2CCOC1CCCCC1. The molecule has 0 amide bonds. The van der Waals surface area contributed by atoms with Crippen LogP contribution in [0, 0.1) is 6.92 Å². The molecule has 0 aliphatic heterocycles. The number of nitrogen functional groups attached to an aromatic ring is 1. The first-order valence-electron chi connectivity index (χ1n) is 7.58. The molecule has 1 aromatic carbocycles. The Hall–Kier alpha value is -1.55. The van der Waals surface area contributed by atoms with Gasteiger partial charge in [-0.1, -0.05) is 31.4 Å². The smallest absolute Gasteiger partial charge is 0.201 e. The van der Waals surface area contributed by atoms with Crippen LogP contribution in [-0.2, 0) is 11.3 Å². The molecule has 2 N–H and O–H groups in total. The maximum Gasteiger partial charge on any atom is 0.201 e. The molecule has 20 heavy (non-hydrogen) atoms. The van der Waals surface area contributed by atoms with E-state index >= 15 is 0 Å². The number of nitrogens with zero attached hydrogens (tertiary/aromatic N) is 2. The Bertz CT molecular complexity index is 585. The number of nitrogens with two attached hydrogens (primary N) is 1. The van der Waals surface area contributed by atoms with E-state index in [1.165, 1.54) is 37.7 Å². The summed E-state index contributed by atoms with van der Waals surface area (Å²) in [5, 5.41) is 0. The van der Waals surface area contributed by atoms with Crippen molar-refractivity contribution in [1.82, 2.24) is 9.55 Å². The Labute approximate surface area is 119 Å². The van der Waals surface area contributed by atoms with Crippen LogP contribution < -0.4 is 5.73 Å². The van der Waals surface area contributed by atoms with Gasteiger partial charge in [0, 0.05) is 6.54 Å². The van der Waals surface area contributed by atoms with E-state index in [0.717, 1.165) is 17.6 Å². The molecule has 0 bridgehead atoms. The Morgan fingerprint density at radius 3 is 2.90 bits per heavy atom. The lowest BCUT2D eigenvalue weighted by molar-refractivity contribution is 0.0246. The molecule has 4 nitrogen and oxygen atoms in total. The lowest BCUT2D eigenvalue weighted by atomic mass is 9.98. The zero-order chi connectivity index (χ0) is 13.9. The van der Waals surface area contributed by atoms with Gasteiger partial charge in [-0.15, -0.1) is 0 Å². The van der Waals surface area contributed by atoms with Gasteiger partial charge in [-0.3, -0.25) is 0 Å². The molecule has 1 heterocycles. The van der Waals surface area contributed by atoms with Crippen LogP contribution in [0.4, 0.5) is 5.95 Å². The fourth-order valence-corrected chi connectivity index (χ4v) is 3.08. The van der Waals surface area contributed by atoms with Gasteiger partial charge in [0.2, 0.25) is 5.95 Å². The van der Waals surface area contributed by atoms with E-state index in [2.05, 4.69) is 34.7 Å². The maximum absolute atomic E-state index is 6.04. The molecule has 1 saturated carbocycles. The monoisotopic (exact) mass is 273 g/mol. The van der Waals surface area contributed by atoms with Crippen molar-refractivity contribution in [3.05, 3.63) is 23.8 Å². The van der Waals surface area contributed by atoms with Gasteiger partial charge >= 0.3 is 0 Å². The number of aromatic nitrogens is 2. The van der Waals surface area contributed by atoms with Gasteiger partial charge in [-0.05, 0) is 31.4 Å². The fraction of sp³-hybridized carbons (Fsp3) is 0.562. The molecule has 0 radical (unpaired) electrons. The van der Waals surface area contributed by atoms with Gasteiger partial charge in [0.1, 0.15) is 0 Å². The first-order valence-corrected chi connectivity index (χ1v) is 7.58. The summed E-state index contributed by atoms with van der Waals surface area (Å²) in [5.74, 6) is 0.585. The fourth-order valence-electron chi connectivity index (χ4n) is 3.08. The minimum Gasteiger partial charge on any atom is -0.376 e. The van der Waals surface area contributed by atoms with Crippen LogP contribution in [0.15, 0.2) is 18.2 Å². The molecule has 2 aromatic rings. The predicted molar refractivity (Wildman–Crippen MR) is 81.7 cm³/mol. The van der Waals surface area contributed by atoms with E-state index < -0.39 is 0 Å². The lowest BCUT2D eigenvalue weighted by Gasteiger charge is -2.22. The summed E-state index contributed by atoms with van der Waals surface area (Å²) < 4.78 is 8.05. The molecule has 108 valence electrons. The number of fused-ring (bicyclic) bond motifs is 1. The van der Waals surface area contributed by atoms with Crippen LogP contribution in [0.2, 0.25) is 0 Å². The van der Waals surface area contributed by atoms with E-state index in [1.807, 2.05) is 0 Å². The lowest BCUT2D eigenvalue weighted by Crippen LogP contribution is -2.19. The van der Waals surface area contributed by atoms with Crippen LogP contribution >= 0.6 is 0 Å². The highest BCUT2D eigenvalue weighted by atomic mass is 16.5. The van der Waals surface area contributed by atoms with Crippen molar-refractivity contribution in [2.75, 3.05) is 12.3 Å². The number of rotatable bonds is 4. The third-order valence-corrected chi connectivity index (χ3v) is 4.23. The minimum atomic E-state index is 0.446. The average molecular weight is 273 g/mol. The second-order valence-corrected chi connectivity index (χ2v) is 5.70. The maximum atomic E-state index is 6.04. The second kappa shape index (κ2) is 5.83. The zero-order valence-electron chi connectivity index (χ0n) is 12.1. The first kappa shape index (κ1) is 13.4. The molecule has 0 unspecified atom stereocenters. The molecule has 1 fully saturated rings. The van der Waals surface area contributed by atoms with E-state index in [1.54, 1.807) is 0 Å². The van der Waals surface area contributed by atoms with E-state index in [-0.39, 0.29) is 0 Å². The minimum absolute atomic E-state index is 0.446. The number of imidazole rings is 1.